The third-order valence-corrected chi connectivity index (χ3v) is 3.91. The number of hydrogen-bond acceptors (Lipinski definition) is 6. The van der Waals surface area contributed by atoms with Gasteiger partial charge in [0.1, 0.15) is 5.54 Å². The normalized spacial score (nSPS) is 21.5. The van der Waals surface area contributed by atoms with Crippen molar-refractivity contribution < 1.29 is 9.59 Å². The lowest BCUT2D eigenvalue weighted by Gasteiger charge is -2.23. The van der Waals surface area contributed by atoms with Gasteiger partial charge in [0.05, 0.1) is 12.7 Å². The van der Waals surface area contributed by atoms with Crippen molar-refractivity contribution in [2.24, 2.45) is 14.1 Å². The molecule has 0 radical (unpaired) electrons. The molecule has 1 saturated heterocycles. The van der Waals surface area contributed by atoms with Crippen LogP contribution in [0.2, 0.25) is 0 Å². The Kier molecular flexibility index (Phi) is 3.15. The summed E-state index contributed by atoms with van der Waals surface area (Å²) in [6.07, 6.45) is 3.75. The molecule has 3 heterocycles. The Morgan fingerprint density at radius 2 is 2.09 bits per heavy atom. The van der Waals surface area contributed by atoms with Crippen molar-refractivity contribution in [3.05, 3.63) is 23.8 Å². The molecule has 0 spiro atoms. The molecule has 3 amide bonds. The van der Waals surface area contributed by atoms with Crippen molar-refractivity contribution in [1.82, 2.24) is 40.2 Å². The molecule has 1 aliphatic heterocycles. The van der Waals surface area contributed by atoms with Crippen LogP contribution in [-0.4, -0.2) is 46.8 Å². The number of hydrogen-bond donors (Lipinski definition) is 1. The minimum Gasteiger partial charge on any atom is -0.319 e. The number of aromatic nitrogens is 6. The van der Waals surface area contributed by atoms with Gasteiger partial charge in [-0.15, -0.1) is 5.10 Å². The molecule has 1 fully saturated rings. The van der Waals surface area contributed by atoms with Gasteiger partial charge >= 0.3 is 6.03 Å². The highest BCUT2D eigenvalue weighted by atomic mass is 16.2. The summed E-state index contributed by atoms with van der Waals surface area (Å²) >= 11 is 0. The summed E-state index contributed by atoms with van der Waals surface area (Å²) in [4.78, 5) is 26.2. The van der Waals surface area contributed by atoms with Gasteiger partial charge in [-0.3, -0.25) is 14.4 Å². The highest BCUT2D eigenvalue weighted by molar-refractivity contribution is 6.07. The largest absolute Gasteiger partial charge is 0.325 e. The van der Waals surface area contributed by atoms with E-state index in [-0.39, 0.29) is 12.5 Å². The van der Waals surface area contributed by atoms with Gasteiger partial charge in [0.15, 0.2) is 5.82 Å². The molecule has 22 heavy (non-hydrogen) atoms. The number of carbonyl (C=O) groups is 2. The van der Waals surface area contributed by atoms with Gasteiger partial charge in [-0.1, -0.05) is 6.92 Å². The molecule has 0 saturated carbocycles. The number of nitrogens with one attached hydrogen (secondary N) is 1. The van der Waals surface area contributed by atoms with Crippen LogP contribution in [0.15, 0.2) is 12.4 Å². The Balaban J connectivity index is 1.94. The number of rotatable bonds is 4. The average Bonchev–Trinajstić information content (AvgIpc) is 3.15. The lowest BCUT2D eigenvalue weighted by Crippen LogP contribution is -2.43. The van der Waals surface area contributed by atoms with Crippen LogP contribution in [0.3, 0.4) is 0 Å². The molecule has 10 heteroatoms. The van der Waals surface area contributed by atoms with Crippen molar-refractivity contribution in [3.63, 3.8) is 0 Å². The highest BCUT2D eigenvalue weighted by Crippen LogP contribution is 2.32. The molecular weight excluding hydrogens is 288 g/mol. The summed E-state index contributed by atoms with van der Waals surface area (Å²) in [5.74, 6) is 0.109. The first-order chi connectivity index (χ1) is 10.5. The van der Waals surface area contributed by atoms with E-state index in [1.165, 1.54) is 4.68 Å². The van der Waals surface area contributed by atoms with Crippen molar-refractivity contribution >= 4 is 11.9 Å². The molecule has 116 valence electrons. The molecule has 10 nitrogen and oxygen atoms in total. The first kappa shape index (κ1) is 14.2. The molecule has 2 aromatic rings. The number of carbonyl (C=O) groups excluding carboxylic acids is 2. The zero-order valence-corrected chi connectivity index (χ0v) is 12.5. The summed E-state index contributed by atoms with van der Waals surface area (Å²) in [5.41, 5.74) is -0.424. The summed E-state index contributed by atoms with van der Waals surface area (Å²) < 4.78 is 3.03. The number of tetrazole rings is 1. The summed E-state index contributed by atoms with van der Waals surface area (Å²) in [6.45, 7) is 1.87. The van der Waals surface area contributed by atoms with E-state index in [1.807, 2.05) is 6.92 Å². The van der Waals surface area contributed by atoms with Gasteiger partial charge in [0.25, 0.3) is 5.91 Å². The zero-order chi connectivity index (χ0) is 15.9. The SMILES string of the molecule is CCC1(c2cnn(C)c2)NC(=O)N(Cc2nnnn2C)C1=O. The van der Waals surface area contributed by atoms with E-state index < -0.39 is 11.6 Å². The van der Waals surface area contributed by atoms with Gasteiger partial charge < -0.3 is 5.32 Å². The van der Waals surface area contributed by atoms with Crippen LogP contribution in [-0.2, 0) is 31.0 Å². The number of aryl methyl sites for hydroxylation is 2. The third kappa shape index (κ3) is 1.95. The van der Waals surface area contributed by atoms with Gasteiger partial charge in [-0.05, 0) is 16.8 Å². The molecule has 1 aliphatic rings. The summed E-state index contributed by atoms with van der Waals surface area (Å²) in [7, 11) is 3.42. The van der Waals surface area contributed by atoms with Crippen LogP contribution in [0.4, 0.5) is 4.79 Å². The van der Waals surface area contributed by atoms with E-state index in [0.717, 1.165) is 4.90 Å². The van der Waals surface area contributed by atoms with Crippen molar-refractivity contribution in [3.8, 4) is 0 Å². The average molecular weight is 304 g/mol. The first-order valence-corrected chi connectivity index (χ1v) is 6.82. The second-order valence-corrected chi connectivity index (χ2v) is 5.20. The van der Waals surface area contributed by atoms with Gasteiger partial charge in [0.2, 0.25) is 0 Å². The van der Waals surface area contributed by atoms with Crippen LogP contribution >= 0.6 is 0 Å². The monoisotopic (exact) mass is 304 g/mol. The lowest BCUT2D eigenvalue weighted by atomic mass is 9.89. The van der Waals surface area contributed by atoms with Crippen LogP contribution in [0.25, 0.3) is 0 Å². The Labute approximate surface area is 126 Å². The predicted octanol–water partition coefficient (Wildman–Crippen LogP) is -0.699. The fourth-order valence-electron chi connectivity index (χ4n) is 2.57. The summed E-state index contributed by atoms with van der Waals surface area (Å²) in [5, 5.41) is 17.9. The smallest absolute Gasteiger partial charge is 0.319 e. The maximum atomic E-state index is 12.8. The van der Waals surface area contributed by atoms with Crippen LogP contribution in [0, 0.1) is 0 Å². The van der Waals surface area contributed by atoms with E-state index in [2.05, 4.69) is 25.9 Å². The second kappa shape index (κ2) is 4.90. The maximum Gasteiger partial charge on any atom is 0.325 e. The highest BCUT2D eigenvalue weighted by Gasteiger charge is 2.52. The topological polar surface area (TPSA) is 111 Å². The minimum atomic E-state index is -1.09. The Hall–Kier alpha value is -2.78. The van der Waals surface area contributed by atoms with E-state index in [1.54, 1.807) is 31.2 Å². The standard InChI is InChI=1S/C12H16N8O2/c1-4-12(8-5-13-18(2)6-8)10(21)20(11(22)14-12)7-9-15-16-17-19(9)3/h5-6H,4,7H2,1-3H3,(H,14,22). The zero-order valence-electron chi connectivity index (χ0n) is 12.5. The molecule has 1 atom stereocenters. The van der Waals surface area contributed by atoms with Crippen molar-refractivity contribution in [1.29, 1.82) is 0 Å². The molecular formula is C12H16N8O2. The molecule has 0 bridgehead atoms. The van der Waals surface area contributed by atoms with Crippen LogP contribution in [0.1, 0.15) is 24.7 Å². The van der Waals surface area contributed by atoms with E-state index in [9.17, 15) is 9.59 Å². The molecule has 3 rings (SSSR count). The number of nitrogens with zero attached hydrogens (tertiary/aromatic N) is 7. The van der Waals surface area contributed by atoms with E-state index >= 15 is 0 Å². The second-order valence-electron chi connectivity index (χ2n) is 5.20. The summed E-state index contributed by atoms with van der Waals surface area (Å²) in [6, 6.07) is -0.460. The van der Waals surface area contributed by atoms with Gasteiger partial charge in [-0.25, -0.2) is 9.48 Å². The third-order valence-electron chi connectivity index (χ3n) is 3.91. The molecule has 0 aromatic carbocycles. The number of urea groups is 1. The molecule has 0 aliphatic carbocycles. The molecule has 1 N–H and O–H groups in total. The van der Waals surface area contributed by atoms with Crippen molar-refractivity contribution in [2.45, 2.75) is 25.4 Å². The quantitative estimate of drug-likeness (QED) is 0.748. The minimum absolute atomic E-state index is 0.0240. The van der Waals surface area contributed by atoms with Gasteiger partial charge in [-0.2, -0.15) is 5.10 Å². The maximum absolute atomic E-state index is 12.8. The van der Waals surface area contributed by atoms with Gasteiger partial charge in [0, 0.05) is 25.9 Å². The molecule has 2 aromatic heterocycles. The Bertz CT molecular complexity index is 735. The van der Waals surface area contributed by atoms with Crippen molar-refractivity contribution in [2.75, 3.05) is 0 Å². The Morgan fingerprint density at radius 3 is 2.64 bits per heavy atom. The van der Waals surface area contributed by atoms with E-state index in [4.69, 9.17) is 0 Å². The van der Waals surface area contributed by atoms with Crippen LogP contribution in [0.5, 0.6) is 0 Å². The number of amides is 3. The lowest BCUT2D eigenvalue weighted by molar-refractivity contribution is -0.132. The molecule has 1 unspecified atom stereocenters. The Morgan fingerprint density at radius 1 is 1.32 bits per heavy atom. The fourth-order valence-corrected chi connectivity index (χ4v) is 2.57. The van der Waals surface area contributed by atoms with Crippen LogP contribution < -0.4 is 5.32 Å². The fraction of sp³-hybridized carbons (Fsp3) is 0.500. The first-order valence-electron chi connectivity index (χ1n) is 6.82. The van der Waals surface area contributed by atoms with E-state index in [0.29, 0.717) is 17.8 Å². The number of imide groups is 1. The predicted molar refractivity (Wildman–Crippen MR) is 73.1 cm³/mol.